The molecule has 4 bridgehead atoms. The van der Waals surface area contributed by atoms with Crippen LogP contribution in [0.3, 0.4) is 0 Å². The summed E-state index contributed by atoms with van der Waals surface area (Å²) in [7, 11) is 0. The molecule has 1 amide bonds. The Morgan fingerprint density at radius 3 is 2.37 bits per heavy atom. The zero-order chi connectivity index (χ0) is 19.2. The maximum atomic E-state index is 13.0. The quantitative estimate of drug-likeness (QED) is 0.486. The summed E-state index contributed by atoms with van der Waals surface area (Å²) in [5, 5.41) is 13.9. The number of amides is 1. The second kappa shape index (κ2) is 6.32. The van der Waals surface area contributed by atoms with Crippen molar-refractivity contribution in [3.05, 3.63) is 39.9 Å². The number of nitrogens with zero attached hydrogens (tertiary/aromatic N) is 1. The van der Waals surface area contributed by atoms with Crippen LogP contribution in [0.2, 0.25) is 0 Å². The second-order valence-corrected chi connectivity index (χ2v) is 8.70. The molecule has 0 aliphatic heterocycles. The number of hydrogen-bond acceptors (Lipinski definition) is 5. The number of nitrogens with one attached hydrogen (secondary N) is 1. The molecule has 4 aliphatic rings. The standard InChI is InChI=1S/C20H24N2O5/c1-13(23)21-20-9-15-6-16(10-20)8-19(7-15,12-20)18(24)27-11-14-2-4-17(5-3-14)22(25)26/h2-5,15-16H,6-12H2,1H3,(H,21,23)/t15-,16+,19?,20?. The normalized spacial score (nSPS) is 33.5. The summed E-state index contributed by atoms with van der Waals surface area (Å²) >= 11 is 0. The lowest BCUT2D eigenvalue weighted by atomic mass is 9.47. The molecule has 0 radical (unpaired) electrons. The molecular weight excluding hydrogens is 348 g/mol. The highest BCUT2D eigenvalue weighted by Crippen LogP contribution is 2.62. The number of nitro benzene ring substituents is 1. The molecular formula is C20H24N2O5. The Morgan fingerprint density at radius 2 is 1.81 bits per heavy atom. The van der Waals surface area contributed by atoms with Crippen LogP contribution in [0, 0.1) is 27.4 Å². The van der Waals surface area contributed by atoms with Crippen molar-refractivity contribution >= 4 is 17.6 Å². The Kier molecular flexibility index (Phi) is 4.20. The Balaban J connectivity index is 1.46. The van der Waals surface area contributed by atoms with Gasteiger partial charge in [0.2, 0.25) is 5.91 Å². The van der Waals surface area contributed by atoms with Gasteiger partial charge in [0.1, 0.15) is 6.61 Å². The molecule has 4 fully saturated rings. The van der Waals surface area contributed by atoms with Crippen LogP contribution >= 0.6 is 0 Å². The van der Waals surface area contributed by atoms with Crippen molar-refractivity contribution in [3.8, 4) is 0 Å². The second-order valence-electron chi connectivity index (χ2n) is 8.70. The summed E-state index contributed by atoms with van der Waals surface area (Å²) < 4.78 is 5.64. The topological polar surface area (TPSA) is 98.5 Å². The minimum Gasteiger partial charge on any atom is -0.460 e. The minimum atomic E-state index is -0.507. The fourth-order valence-electron chi connectivity index (χ4n) is 6.04. The molecule has 1 N–H and O–H groups in total. The molecule has 0 spiro atoms. The Hall–Kier alpha value is -2.44. The van der Waals surface area contributed by atoms with Gasteiger partial charge >= 0.3 is 5.97 Å². The fourth-order valence-corrected chi connectivity index (χ4v) is 6.04. The SMILES string of the molecule is CC(=O)NC12C[C@H]3C[C@@H](C1)CC(C(=O)OCc1ccc([N+](=O)[O-])cc1)(C3)C2. The summed E-state index contributed by atoms with van der Waals surface area (Å²) in [6, 6.07) is 6.06. The number of esters is 1. The first-order chi connectivity index (χ1) is 12.8. The lowest BCUT2D eigenvalue weighted by Crippen LogP contribution is -2.64. The summed E-state index contributed by atoms with van der Waals surface area (Å²) in [5.41, 5.74) is -0.0195. The highest BCUT2D eigenvalue weighted by Gasteiger charge is 2.61. The smallest absolute Gasteiger partial charge is 0.312 e. The lowest BCUT2D eigenvalue weighted by Gasteiger charge is -2.60. The molecule has 4 atom stereocenters. The summed E-state index contributed by atoms with van der Waals surface area (Å²) in [6.07, 6.45) is 5.39. The van der Waals surface area contributed by atoms with E-state index in [-0.39, 0.29) is 29.7 Å². The van der Waals surface area contributed by atoms with Gasteiger partial charge in [-0.2, -0.15) is 0 Å². The molecule has 0 saturated heterocycles. The predicted molar refractivity (Wildman–Crippen MR) is 96.6 cm³/mol. The van der Waals surface area contributed by atoms with Gasteiger partial charge in [0.15, 0.2) is 0 Å². The molecule has 0 heterocycles. The van der Waals surface area contributed by atoms with Gasteiger partial charge in [0.25, 0.3) is 5.69 Å². The third-order valence-corrected chi connectivity index (χ3v) is 6.45. The van der Waals surface area contributed by atoms with E-state index in [2.05, 4.69) is 5.32 Å². The van der Waals surface area contributed by atoms with Crippen LogP contribution in [0.1, 0.15) is 51.0 Å². The van der Waals surface area contributed by atoms with E-state index in [0.29, 0.717) is 18.3 Å². The van der Waals surface area contributed by atoms with E-state index >= 15 is 0 Å². The number of hydrogen-bond donors (Lipinski definition) is 1. The van der Waals surface area contributed by atoms with E-state index < -0.39 is 10.3 Å². The van der Waals surface area contributed by atoms with Crippen LogP contribution in [0.15, 0.2) is 24.3 Å². The first-order valence-corrected chi connectivity index (χ1v) is 9.49. The first kappa shape index (κ1) is 17.9. The average molecular weight is 372 g/mol. The largest absolute Gasteiger partial charge is 0.460 e. The Bertz CT molecular complexity index is 774. The fraction of sp³-hybridized carbons (Fsp3) is 0.600. The van der Waals surface area contributed by atoms with Crippen LogP contribution in [-0.2, 0) is 20.9 Å². The maximum absolute atomic E-state index is 13.0. The molecule has 2 unspecified atom stereocenters. The van der Waals surface area contributed by atoms with E-state index in [1.54, 1.807) is 12.1 Å². The zero-order valence-corrected chi connectivity index (χ0v) is 15.4. The van der Waals surface area contributed by atoms with Crippen molar-refractivity contribution in [2.75, 3.05) is 0 Å². The van der Waals surface area contributed by atoms with Gasteiger partial charge < -0.3 is 10.1 Å². The van der Waals surface area contributed by atoms with Crippen LogP contribution in [0.4, 0.5) is 5.69 Å². The summed E-state index contributed by atoms with van der Waals surface area (Å²) in [6.45, 7) is 1.65. The molecule has 27 heavy (non-hydrogen) atoms. The first-order valence-electron chi connectivity index (χ1n) is 9.49. The predicted octanol–water partition coefficient (Wildman–Crippen LogP) is 3.11. The minimum absolute atomic E-state index is 0.0170. The monoisotopic (exact) mass is 372 g/mol. The lowest BCUT2D eigenvalue weighted by molar-refractivity contribution is -0.384. The molecule has 1 aromatic rings. The zero-order valence-electron chi connectivity index (χ0n) is 15.4. The third-order valence-electron chi connectivity index (χ3n) is 6.45. The Morgan fingerprint density at radius 1 is 1.19 bits per heavy atom. The third kappa shape index (κ3) is 3.31. The number of benzene rings is 1. The maximum Gasteiger partial charge on any atom is 0.312 e. The van der Waals surface area contributed by atoms with E-state index in [1.165, 1.54) is 19.1 Å². The Labute approximate surface area is 157 Å². The molecule has 4 aliphatic carbocycles. The number of non-ortho nitro benzene ring substituents is 1. The van der Waals surface area contributed by atoms with Gasteiger partial charge in [-0.25, -0.2) is 0 Å². The van der Waals surface area contributed by atoms with Gasteiger partial charge in [-0.05, 0) is 68.1 Å². The molecule has 1 aromatic carbocycles. The van der Waals surface area contributed by atoms with E-state index in [9.17, 15) is 19.7 Å². The number of carbonyl (C=O) groups is 2. The number of ether oxygens (including phenoxy) is 1. The average Bonchev–Trinajstić information content (AvgIpc) is 2.57. The van der Waals surface area contributed by atoms with Gasteiger partial charge in [-0.15, -0.1) is 0 Å². The number of carbonyl (C=O) groups excluding carboxylic acids is 2. The van der Waals surface area contributed by atoms with E-state index in [4.69, 9.17) is 4.74 Å². The van der Waals surface area contributed by atoms with Crippen molar-refractivity contribution in [3.63, 3.8) is 0 Å². The number of nitro groups is 1. The van der Waals surface area contributed by atoms with Crippen LogP contribution in [-0.4, -0.2) is 22.3 Å². The summed E-state index contributed by atoms with van der Waals surface area (Å²) in [5.74, 6) is 0.700. The highest BCUT2D eigenvalue weighted by molar-refractivity contribution is 5.79. The van der Waals surface area contributed by atoms with E-state index in [0.717, 1.165) is 37.7 Å². The van der Waals surface area contributed by atoms with Gasteiger partial charge in [0, 0.05) is 24.6 Å². The molecule has 7 nitrogen and oxygen atoms in total. The van der Waals surface area contributed by atoms with Gasteiger partial charge in [-0.1, -0.05) is 0 Å². The van der Waals surface area contributed by atoms with Crippen molar-refractivity contribution in [1.82, 2.24) is 5.32 Å². The highest BCUT2D eigenvalue weighted by atomic mass is 16.6. The van der Waals surface area contributed by atoms with Gasteiger partial charge in [0.05, 0.1) is 10.3 Å². The molecule has 144 valence electrons. The van der Waals surface area contributed by atoms with Crippen LogP contribution < -0.4 is 5.32 Å². The van der Waals surface area contributed by atoms with Crippen LogP contribution in [0.25, 0.3) is 0 Å². The molecule has 0 aromatic heterocycles. The van der Waals surface area contributed by atoms with Crippen molar-refractivity contribution < 1.29 is 19.2 Å². The van der Waals surface area contributed by atoms with Crippen molar-refractivity contribution in [1.29, 1.82) is 0 Å². The molecule has 5 rings (SSSR count). The number of rotatable bonds is 5. The van der Waals surface area contributed by atoms with Crippen molar-refractivity contribution in [2.45, 2.75) is 57.6 Å². The van der Waals surface area contributed by atoms with Crippen molar-refractivity contribution in [2.24, 2.45) is 17.3 Å². The van der Waals surface area contributed by atoms with Gasteiger partial charge in [-0.3, -0.25) is 19.7 Å². The molecule has 7 heteroatoms. The molecule has 4 saturated carbocycles. The summed E-state index contributed by atoms with van der Waals surface area (Å²) in [4.78, 5) is 35.0. The van der Waals surface area contributed by atoms with E-state index in [1.807, 2.05) is 0 Å². The van der Waals surface area contributed by atoms with Crippen LogP contribution in [0.5, 0.6) is 0 Å².